The van der Waals surface area contributed by atoms with E-state index < -0.39 is 0 Å². The summed E-state index contributed by atoms with van der Waals surface area (Å²) in [4.78, 5) is 34.7. The number of para-hydroxylation sites is 1. The van der Waals surface area contributed by atoms with E-state index in [1.165, 1.54) is 13.8 Å². The summed E-state index contributed by atoms with van der Waals surface area (Å²) in [5.41, 5.74) is 3.54. The van der Waals surface area contributed by atoms with Gasteiger partial charge in [-0.05, 0) is 30.3 Å². The van der Waals surface area contributed by atoms with Crippen LogP contribution < -0.4 is 10.6 Å². The predicted octanol–water partition coefficient (Wildman–Crippen LogP) is 5.43. The molecule has 0 spiro atoms. The van der Waals surface area contributed by atoms with Gasteiger partial charge in [0.25, 0.3) is 0 Å². The average Bonchev–Trinajstić information content (AvgIpc) is 2.90. The van der Waals surface area contributed by atoms with E-state index in [-0.39, 0.29) is 23.8 Å². The first-order valence-corrected chi connectivity index (χ1v) is 13.1. The molecule has 7 nitrogen and oxygen atoms in total. The number of hydrogen-bond donors (Lipinski definition) is 2. The van der Waals surface area contributed by atoms with Gasteiger partial charge in [-0.3, -0.25) is 14.4 Å². The lowest BCUT2D eigenvalue weighted by molar-refractivity contribution is -0.938. The van der Waals surface area contributed by atoms with Crippen molar-refractivity contribution in [3.8, 4) is 0 Å². The van der Waals surface area contributed by atoms with Gasteiger partial charge in [0, 0.05) is 55.2 Å². The maximum Gasteiger partial charge on any atom is 0.303 e. The van der Waals surface area contributed by atoms with Gasteiger partial charge < -0.3 is 19.9 Å². The molecular weight excluding hydrogens is 478 g/mol. The second-order valence-electron chi connectivity index (χ2n) is 10.2. The molecular formula is C31H36N3O4+. The van der Waals surface area contributed by atoms with Gasteiger partial charge in [-0.25, -0.2) is 0 Å². The van der Waals surface area contributed by atoms with Gasteiger partial charge in [0.15, 0.2) is 6.10 Å². The lowest BCUT2D eigenvalue weighted by Crippen LogP contribution is -2.65. The molecule has 3 aromatic rings. The third kappa shape index (κ3) is 7.52. The van der Waals surface area contributed by atoms with E-state index in [1.54, 1.807) is 0 Å². The van der Waals surface area contributed by atoms with Crippen LogP contribution in [0.1, 0.15) is 37.0 Å². The number of nitrogens with one attached hydrogen (secondary N) is 2. The molecule has 1 atom stereocenters. The van der Waals surface area contributed by atoms with E-state index in [0.29, 0.717) is 12.5 Å². The highest BCUT2D eigenvalue weighted by molar-refractivity contribution is 5.97. The lowest BCUT2D eigenvalue weighted by atomic mass is 9.83. The van der Waals surface area contributed by atoms with Crippen molar-refractivity contribution in [1.82, 2.24) is 0 Å². The number of rotatable bonds is 7. The molecule has 1 amide bonds. The molecule has 0 aliphatic carbocycles. The fourth-order valence-corrected chi connectivity index (χ4v) is 5.38. The minimum absolute atomic E-state index is 0.00595. The number of benzene rings is 3. The zero-order valence-electron chi connectivity index (χ0n) is 22.1. The molecule has 198 valence electrons. The van der Waals surface area contributed by atoms with Crippen LogP contribution in [0, 0.1) is 5.92 Å². The standard InChI is InChI=1S/C17H22NO3.C14H14N2O/c1-13(19)21-17-12-18(9-7-15(17)8-10-18)11-16(20)14-5-3-2-4-6-14;1-11(17)15-13-8-5-9-14(10-13)16-12-6-3-2-4-7-12/h2-6,15,17H,7-12H2,1H3;2-10,16H,1H3,(H,15,17)/q+1;. The van der Waals surface area contributed by atoms with Crippen LogP contribution in [0.4, 0.5) is 17.1 Å². The molecule has 3 fully saturated rings. The molecule has 3 heterocycles. The summed E-state index contributed by atoms with van der Waals surface area (Å²) in [6, 6.07) is 27.0. The predicted molar refractivity (Wildman–Crippen MR) is 149 cm³/mol. The first kappa shape index (κ1) is 27.1. The van der Waals surface area contributed by atoms with Crippen LogP contribution >= 0.6 is 0 Å². The van der Waals surface area contributed by atoms with Crippen LogP contribution in [0.15, 0.2) is 84.9 Å². The van der Waals surface area contributed by atoms with Crippen molar-refractivity contribution in [2.24, 2.45) is 5.92 Å². The van der Waals surface area contributed by atoms with Crippen molar-refractivity contribution in [2.45, 2.75) is 32.8 Å². The summed E-state index contributed by atoms with van der Waals surface area (Å²) in [5, 5.41) is 6.02. The number of Topliss-reactive ketones (excluding diaryl/α,β-unsaturated/α-hetero) is 1. The fourth-order valence-electron chi connectivity index (χ4n) is 5.38. The number of ketones is 1. The quantitative estimate of drug-likeness (QED) is 0.250. The number of piperidine rings is 3. The Hall–Kier alpha value is -3.97. The lowest BCUT2D eigenvalue weighted by Gasteiger charge is -2.51. The Kier molecular flexibility index (Phi) is 8.92. The van der Waals surface area contributed by atoms with E-state index in [0.717, 1.165) is 59.6 Å². The van der Waals surface area contributed by atoms with Crippen molar-refractivity contribution < 1.29 is 23.6 Å². The van der Waals surface area contributed by atoms with Crippen LogP contribution in [0.3, 0.4) is 0 Å². The Morgan fingerprint density at radius 1 is 0.816 bits per heavy atom. The highest BCUT2D eigenvalue weighted by Crippen LogP contribution is 2.35. The zero-order valence-corrected chi connectivity index (χ0v) is 22.1. The monoisotopic (exact) mass is 514 g/mol. The molecule has 6 rings (SSSR count). The topological polar surface area (TPSA) is 84.5 Å². The highest BCUT2D eigenvalue weighted by Gasteiger charge is 2.48. The van der Waals surface area contributed by atoms with E-state index >= 15 is 0 Å². The van der Waals surface area contributed by atoms with Crippen molar-refractivity contribution in [2.75, 3.05) is 36.8 Å². The number of fused-ring (bicyclic) bond motifs is 3. The van der Waals surface area contributed by atoms with Crippen LogP contribution in [0.25, 0.3) is 0 Å². The van der Waals surface area contributed by atoms with Crippen LogP contribution in [-0.2, 0) is 14.3 Å². The smallest absolute Gasteiger partial charge is 0.303 e. The number of esters is 1. The largest absolute Gasteiger partial charge is 0.456 e. The van der Waals surface area contributed by atoms with Gasteiger partial charge in [-0.1, -0.05) is 54.6 Å². The van der Waals surface area contributed by atoms with Gasteiger partial charge >= 0.3 is 5.97 Å². The number of hydrogen-bond acceptors (Lipinski definition) is 5. The maximum atomic E-state index is 12.5. The maximum absolute atomic E-state index is 12.5. The van der Waals surface area contributed by atoms with Crippen molar-refractivity contribution >= 4 is 34.7 Å². The number of nitrogens with zero attached hydrogens (tertiary/aromatic N) is 1. The average molecular weight is 515 g/mol. The van der Waals surface area contributed by atoms with E-state index in [2.05, 4.69) is 10.6 Å². The second-order valence-corrected chi connectivity index (χ2v) is 10.2. The Labute approximate surface area is 224 Å². The Morgan fingerprint density at radius 2 is 1.42 bits per heavy atom. The second kappa shape index (κ2) is 12.5. The molecule has 0 radical (unpaired) electrons. The number of quaternary nitrogens is 1. The minimum Gasteiger partial charge on any atom is -0.456 e. The van der Waals surface area contributed by atoms with Crippen molar-refractivity contribution in [1.29, 1.82) is 0 Å². The first-order valence-electron chi connectivity index (χ1n) is 13.1. The number of carbonyl (C=O) groups excluding carboxylic acids is 3. The van der Waals surface area contributed by atoms with Gasteiger partial charge in [0.2, 0.25) is 11.7 Å². The molecule has 3 aliphatic rings. The number of amides is 1. The van der Waals surface area contributed by atoms with Crippen LogP contribution in [0.5, 0.6) is 0 Å². The summed E-state index contributed by atoms with van der Waals surface area (Å²) < 4.78 is 6.25. The Bertz CT molecular complexity index is 1240. The van der Waals surface area contributed by atoms with Crippen LogP contribution in [-0.4, -0.2) is 54.4 Å². The molecule has 3 aromatic carbocycles. The molecule has 2 N–H and O–H groups in total. The highest BCUT2D eigenvalue weighted by atomic mass is 16.5. The third-order valence-corrected chi connectivity index (χ3v) is 7.18. The fraction of sp³-hybridized carbons (Fsp3) is 0.323. The van der Waals surface area contributed by atoms with Crippen molar-refractivity contribution in [3.05, 3.63) is 90.5 Å². The molecule has 38 heavy (non-hydrogen) atoms. The first-order chi connectivity index (χ1) is 18.3. The summed E-state index contributed by atoms with van der Waals surface area (Å²) in [5.74, 6) is 0.404. The molecule has 1 unspecified atom stereocenters. The number of anilines is 3. The minimum atomic E-state index is -0.207. The van der Waals surface area contributed by atoms with Crippen LogP contribution in [0.2, 0.25) is 0 Å². The third-order valence-electron chi connectivity index (χ3n) is 7.18. The normalized spacial score (nSPS) is 21.4. The molecule has 7 heteroatoms. The number of carbonyl (C=O) groups is 3. The van der Waals surface area contributed by atoms with Gasteiger partial charge in [-0.2, -0.15) is 0 Å². The SMILES string of the molecule is CC(=O)Nc1cccc(Nc2ccccc2)c1.CC(=O)OC1C[N+]2(CC(=O)c3ccccc3)CCC1CC2. The number of ether oxygens (including phenoxy) is 1. The van der Waals surface area contributed by atoms with Gasteiger partial charge in [-0.15, -0.1) is 0 Å². The van der Waals surface area contributed by atoms with E-state index in [4.69, 9.17) is 4.74 Å². The summed E-state index contributed by atoms with van der Waals surface area (Å²) >= 11 is 0. The molecule has 3 aliphatic heterocycles. The van der Waals surface area contributed by atoms with E-state index in [9.17, 15) is 14.4 Å². The van der Waals surface area contributed by atoms with Gasteiger partial charge in [0.1, 0.15) is 13.1 Å². The molecule has 2 bridgehead atoms. The Balaban J connectivity index is 0.000000181. The Morgan fingerprint density at radius 3 is 2.05 bits per heavy atom. The van der Waals surface area contributed by atoms with Crippen molar-refractivity contribution in [3.63, 3.8) is 0 Å². The molecule has 0 saturated carbocycles. The van der Waals surface area contributed by atoms with E-state index in [1.807, 2.05) is 84.9 Å². The van der Waals surface area contributed by atoms with Gasteiger partial charge in [0.05, 0.1) is 13.1 Å². The molecule has 3 saturated heterocycles. The summed E-state index contributed by atoms with van der Waals surface area (Å²) in [6.07, 6.45) is 2.11. The summed E-state index contributed by atoms with van der Waals surface area (Å²) in [7, 11) is 0. The summed E-state index contributed by atoms with van der Waals surface area (Å²) in [6.45, 7) is 6.34. The zero-order chi connectivity index (χ0) is 27.0. The molecule has 0 aromatic heterocycles.